The van der Waals surface area contributed by atoms with Crippen LogP contribution in [0.3, 0.4) is 0 Å². The first kappa shape index (κ1) is 18.1. The van der Waals surface area contributed by atoms with Gasteiger partial charge in [-0.3, -0.25) is 14.9 Å². The fourth-order valence-corrected chi connectivity index (χ4v) is 2.85. The van der Waals surface area contributed by atoms with Gasteiger partial charge in [0.1, 0.15) is 0 Å². The van der Waals surface area contributed by atoms with E-state index in [0.717, 1.165) is 17.0 Å². The molecule has 0 aliphatic carbocycles. The van der Waals surface area contributed by atoms with Crippen LogP contribution in [0, 0.1) is 17.0 Å². The number of nitro benzene ring substituents is 1. The molecule has 0 unspecified atom stereocenters. The van der Waals surface area contributed by atoms with E-state index in [9.17, 15) is 19.7 Å². The number of aromatic nitrogens is 1. The van der Waals surface area contributed by atoms with Gasteiger partial charge in [0.05, 0.1) is 10.5 Å². The van der Waals surface area contributed by atoms with Gasteiger partial charge in [0.2, 0.25) is 5.78 Å². The smallest absolute Gasteiger partial charge is 0.331 e. The van der Waals surface area contributed by atoms with Crippen LogP contribution < -0.4 is 0 Å². The SMILES string of the molecule is Cc1[nH]c2ccccc2c1C(=O)COC(=O)/C=C/c1ccccc1[N+](=O)[O-]. The number of para-hydroxylation sites is 2. The van der Waals surface area contributed by atoms with E-state index >= 15 is 0 Å². The van der Waals surface area contributed by atoms with Crippen molar-refractivity contribution in [1.82, 2.24) is 4.98 Å². The molecule has 0 bridgehead atoms. The van der Waals surface area contributed by atoms with E-state index in [-0.39, 0.29) is 17.0 Å². The summed E-state index contributed by atoms with van der Waals surface area (Å²) in [6.45, 7) is 1.37. The summed E-state index contributed by atoms with van der Waals surface area (Å²) in [5.41, 5.74) is 2.18. The standard InChI is InChI=1S/C20H16N2O5/c1-13-20(15-7-3-4-8-16(15)21-13)18(23)12-27-19(24)11-10-14-6-2-5-9-17(14)22(25)26/h2-11,21H,12H2,1H3/b11-10+. The molecule has 0 aliphatic rings. The molecular formula is C20H16N2O5. The predicted octanol–water partition coefficient (Wildman–Crippen LogP) is 3.82. The summed E-state index contributed by atoms with van der Waals surface area (Å²) in [5.74, 6) is -1.07. The third kappa shape index (κ3) is 3.92. The molecule has 0 saturated carbocycles. The molecule has 7 nitrogen and oxygen atoms in total. The van der Waals surface area contributed by atoms with Gasteiger partial charge in [-0.1, -0.05) is 30.3 Å². The summed E-state index contributed by atoms with van der Waals surface area (Å²) in [4.78, 5) is 37.9. The van der Waals surface area contributed by atoms with Crippen molar-refractivity contribution in [2.45, 2.75) is 6.92 Å². The molecule has 1 N–H and O–H groups in total. The number of H-pyrrole nitrogens is 1. The molecule has 0 fully saturated rings. The third-order valence-electron chi connectivity index (χ3n) is 4.05. The van der Waals surface area contributed by atoms with E-state index < -0.39 is 17.5 Å². The third-order valence-corrected chi connectivity index (χ3v) is 4.05. The summed E-state index contributed by atoms with van der Waals surface area (Å²) in [7, 11) is 0. The second-order valence-electron chi connectivity index (χ2n) is 5.85. The molecule has 7 heteroatoms. The number of carbonyl (C=O) groups is 2. The van der Waals surface area contributed by atoms with Gasteiger partial charge in [0.25, 0.3) is 5.69 Å². The molecular weight excluding hydrogens is 348 g/mol. The van der Waals surface area contributed by atoms with E-state index in [1.165, 1.54) is 24.3 Å². The number of aryl methyl sites for hydroxylation is 1. The Hall–Kier alpha value is -3.74. The molecule has 0 atom stereocenters. The molecule has 136 valence electrons. The largest absolute Gasteiger partial charge is 0.454 e. The van der Waals surface area contributed by atoms with Gasteiger partial charge >= 0.3 is 5.97 Å². The second-order valence-corrected chi connectivity index (χ2v) is 5.85. The van der Waals surface area contributed by atoms with Crippen molar-refractivity contribution in [3.63, 3.8) is 0 Å². The fourth-order valence-electron chi connectivity index (χ4n) is 2.85. The number of nitrogens with zero attached hydrogens (tertiary/aromatic N) is 1. The lowest BCUT2D eigenvalue weighted by molar-refractivity contribution is -0.385. The summed E-state index contributed by atoms with van der Waals surface area (Å²) < 4.78 is 4.99. The number of hydrogen-bond donors (Lipinski definition) is 1. The molecule has 3 rings (SSSR count). The topological polar surface area (TPSA) is 102 Å². The van der Waals surface area contributed by atoms with E-state index in [1.807, 2.05) is 24.3 Å². The van der Waals surface area contributed by atoms with Gasteiger partial charge in [0, 0.05) is 34.3 Å². The first-order valence-corrected chi connectivity index (χ1v) is 8.16. The Bertz CT molecular complexity index is 1070. The van der Waals surface area contributed by atoms with Gasteiger partial charge in [-0.15, -0.1) is 0 Å². The van der Waals surface area contributed by atoms with Gasteiger partial charge in [-0.2, -0.15) is 0 Å². The summed E-state index contributed by atoms with van der Waals surface area (Å²) in [6, 6.07) is 13.4. The number of esters is 1. The van der Waals surface area contributed by atoms with Crippen LogP contribution in [0.5, 0.6) is 0 Å². The number of ether oxygens (including phenoxy) is 1. The quantitative estimate of drug-likeness (QED) is 0.235. The van der Waals surface area contributed by atoms with Gasteiger partial charge in [-0.25, -0.2) is 4.79 Å². The summed E-state index contributed by atoms with van der Waals surface area (Å²) >= 11 is 0. The molecule has 0 radical (unpaired) electrons. The first-order valence-electron chi connectivity index (χ1n) is 8.16. The number of carbonyl (C=O) groups excluding carboxylic acids is 2. The van der Waals surface area contributed by atoms with Crippen LogP contribution in [0.15, 0.2) is 54.6 Å². The maximum absolute atomic E-state index is 12.5. The molecule has 0 aliphatic heterocycles. The Morgan fingerprint density at radius 1 is 1.15 bits per heavy atom. The van der Waals surface area contributed by atoms with Crippen LogP contribution in [0.1, 0.15) is 21.6 Å². The van der Waals surface area contributed by atoms with Crippen molar-refractivity contribution in [2.24, 2.45) is 0 Å². The Balaban J connectivity index is 1.68. The van der Waals surface area contributed by atoms with Crippen LogP contribution in [0.25, 0.3) is 17.0 Å². The van der Waals surface area contributed by atoms with Crippen LogP contribution in [0.4, 0.5) is 5.69 Å². The van der Waals surface area contributed by atoms with Crippen LogP contribution in [0.2, 0.25) is 0 Å². The number of aromatic amines is 1. The molecule has 1 heterocycles. The van der Waals surface area contributed by atoms with Crippen LogP contribution in [-0.2, 0) is 9.53 Å². The lowest BCUT2D eigenvalue weighted by Gasteiger charge is -2.02. The minimum Gasteiger partial charge on any atom is -0.454 e. The highest BCUT2D eigenvalue weighted by molar-refractivity contribution is 6.10. The Labute approximate surface area is 154 Å². The second kappa shape index (κ2) is 7.65. The molecule has 1 aromatic heterocycles. The van der Waals surface area contributed by atoms with Crippen molar-refractivity contribution in [3.8, 4) is 0 Å². The normalized spacial score (nSPS) is 11.0. The minimum atomic E-state index is -0.751. The highest BCUT2D eigenvalue weighted by Crippen LogP contribution is 2.22. The number of hydrogen-bond acceptors (Lipinski definition) is 5. The number of benzene rings is 2. The Morgan fingerprint density at radius 3 is 2.63 bits per heavy atom. The van der Waals surface area contributed by atoms with Gasteiger partial charge in [0.15, 0.2) is 6.61 Å². The zero-order chi connectivity index (χ0) is 19.4. The lowest BCUT2D eigenvalue weighted by atomic mass is 10.1. The number of nitrogens with one attached hydrogen (secondary N) is 1. The lowest BCUT2D eigenvalue weighted by Crippen LogP contribution is -2.13. The number of fused-ring (bicyclic) bond motifs is 1. The fraction of sp³-hybridized carbons (Fsp3) is 0.100. The van der Waals surface area contributed by atoms with E-state index in [1.54, 1.807) is 13.0 Å². The van der Waals surface area contributed by atoms with E-state index in [4.69, 9.17) is 4.74 Å². The van der Waals surface area contributed by atoms with Crippen molar-refractivity contribution in [3.05, 3.63) is 81.5 Å². The molecule has 0 amide bonds. The monoisotopic (exact) mass is 364 g/mol. The van der Waals surface area contributed by atoms with E-state index in [2.05, 4.69) is 4.98 Å². The molecule has 3 aromatic rings. The maximum Gasteiger partial charge on any atom is 0.331 e. The number of Topliss-reactive ketones (excluding diaryl/α,β-unsaturated/α-hetero) is 1. The summed E-state index contributed by atoms with van der Waals surface area (Å²) in [6.07, 6.45) is 2.36. The number of ketones is 1. The van der Waals surface area contributed by atoms with Crippen molar-refractivity contribution in [1.29, 1.82) is 0 Å². The molecule has 2 aromatic carbocycles. The average molecular weight is 364 g/mol. The zero-order valence-electron chi connectivity index (χ0n) is 14.5. The maximum atomic E-state index is 12.5. The Kier molecular flexibility index (Phi) is 5.12. The van der Waals surface area contributed by atoms with Crippen LogP contribution in [-0.4, -0.2) is 28.3 Å². The average Bonchev–Trinajstić information content (AvgIpc) is 3.00. The number of rotatable bonds is 6. The van der Waals surface area contributed by atoms with Gasteiger partial charge in [-0.05, 0) is 25.1 Å². The zero-order valence-corrected chi connectivity index (χ0v) is 14.5. The minimum absolute atomic E-state index is 0.118. The van der Waals surface area contributed by atoms with E-state index in [0.29, 0.717) is 11.3 Å². The predicted molar refractivity (Wildman–Crippen MR) is 100 cm³/mol. The highest BCUT2D eigenvalue weighted by Gasteiger charge is 2.17. The number of nitro groups is 1. The summed E-state index contributed by atoms with van der Waals surface area (Å²) in [5, 5.41) is 11.7. The first-order chi connectivity index (χ1) is 13.0. The molecule has 0 saturated heterocycles. The van der Waals surface area contributed by atoms with Crippen LogP contribution >= 0.6 is 0 Å². The highest BCUT2D eigenvalue weighted by atomic mass is 16.6. The van der Waals surface area contributed by atoms with Crippen molar-refractivity contribution < 1.29 is 19.2 Å². The Morgan fingerprint density at radius 2 is 1.85 bits per heavy atom. The van der Waals surface area contributed by atoms with Crippen molar-refractivity contribution >= 4 is 34.4 Å². The van der Waals surface area contributed by atoms with Gasteiger partial charge < -0.3 is 9.72 Å². The molecule has 0 spiro atoms. The molecule has 27 heavy (non-hydrogen) atoms. The van der Waals surface area contributed by atoms with Crippen molar-refractivity contribution in [2.75, 3.05) is 6.61 Å².